The van der Waals surface area contributed by atoms with Gasteiger partial charge in [0.05, 0.1) is 7.05 Å². The Balaban J connectivity index is 1.94. The standard InChI is InChI=1S/C22H28N2O2/c1-15(2)19-8-6-18(7-9-19)14-24(5)16(3)22(26)23-21-12-10-20(11-13-21)17(4)25/h6-13,15-16H,14H2,1-5H3,(H,23,26)/p+1/t16-/m0/s1. The van der Waals surface area contributed by atoms with Crippen molar-refractivity contribution in [3.05, 3.63) is 65.2 Å². The van der Waals surface area contributed by atoms with Gasteiger partial charge in [-0.25, -0.2) is 0 Å². The molecule has 2 rings (SSSR count). The van der Waals surface area contributed by atoms with Gasteiger partial charge in [-0.15, -0.1) is 0 Å². The Morgan fingerprint density at radius 1 is 0.962 bits per heavy atom. The van der Waals surface area contributed by atoms with Gasteiger partial charge in [0.1, 0.15) is 6.54 Å². The van der Waals surface area contributed by atoms with Crippen LogP contribution in [0.1, 0.15) is 55.1 Å². The van der Waals surface area contributed by atoms with Crippen molar-refractivity contribution < 1.29 is 14.5 Å². The Morgan fingerprint density at radius 3 is 2.04 bits per heavy atom. The maximum absolute atomic E-state index is 12.5. The number of Topliss-reactive ketones (excluding diaryl/α,β-unsaturated/α-hetero) is 1. The van der Waals surface area contributed by atoms with Crippen molar-refractivity contribution >= 4 is 17.4 Å². The lowest BCUT2D eigenvalue weighted by Crippen LogP contribution is -3.12. The van der Waals surface area contributed by atoms with Crippen LogP contribution in [0.4, 0.5) is 5.69 Å². The second-order valence-electron chi connectivity index (χ2n) is 7.26. The summed E-state index contributed by atoms with van der Waals surface area (Å²) < 4.78 is 0. The Morgan fingerprint density at radius 2 is 1.54 bits per heavy atom. The first-order valence-corrected chi connectivity index (χ1v) is 9.11. The lowest BCUT2D eigenvalue weighted by molar-refractivity contribution is -0.907. The number of ketones is 1. The number of carbonyl (C=O) groups excluding carboxylic acids is 2. The molecule has 2 N–H and O–H groups in total. The van der Waals surface area contributed by atoms with Crippen molar-refractivity contribution in [1.82, 2.24) is 0 Å². The van der Waals surface area contributed by atoms with Crippen LogP contribution in [0.3, 0.4) is 0 Å². The van der Waals surface area contributed by atoms with Gasteiger partial charge in [0.15, 0.2) is 11.8 Å². The summed E-state index contributed by atoms with van der Waals surface area (Å²) in [5.74, 6) is 0.508. The molecule has 0 saturated heterocycles. The molecule has 0 aliphatic heterocycles. The topological polar surface area (TPSA) is 50.6 Å². The van der Waals surface area contributed by atoms with Gasteiger partial charge in [0, 0.05) is 16.8 Å². The SMILES string of the molecule is CC(=O)c1ccc(NC(=O)[C@H](C)[NH+](C)Cc2ccc(C(C)C)cc2)cc1. The van der Waals surface area contributed by atoms with Gasteiger partial charge in [-0.2, -0.15) is 0 Å². The molecule has 1 amide bonds. The number of carbonyl (C=O) groups is 2. The van der Waals surface area contributed by atoms with Crippen LogP contribution in [0.2, 0.25) is 0 Å². The quantitative estimate of drug-likeness (QED) is 0.752. The summed E-state index contributed by atoms with van der Waals surface area (Å²) in [6.45, 7) is 8.61. The van der Waals surface area contributed by atoms with Crippen LogP contribution in [0.5, 0.6) is 0 Å². The molecule has 4 heteroatoms. The van der Waals surface area contributed by atoms with Crippen molar-refractivity contribution in [2.75, 3.05) is 12.4 Å². The molecule has 2 aromatic carbocycles. The highest BCUT2D eigenvalue weighted by Crippen LogP contribution is 2.14. The highest BCUT2D eigenvalue weighted by atomic mass is 16.2. The molecule has 0 aliphatic carbocycles. The number of anilines is 1. The van der Waals surface area contributed by atoms with E-state index in [1.165, 1.54) is 18.1 Å². The van der Waals surface area contributed by atoms with Crippen molar-refractivity contribution in [1.29, 1.82) is 0 Å². The molecule has 0 heterocycles. The lowest BCUT2D eigenvalue weighted by Gasteiger charge is -2.21. The first-order valence-electron chi connectivity index (χ1n) is 9.11. The van der Waals surface area contributed by atoms with Crippen molar-refractivity contribution in [2.24, 2.45) is 0 Å². The molecule has 0 aliphatic rings. The molecule has 1 unspecified atom stereocenters. The Hall–Kier alpha value is -2.46. The van der Waals surface area contributed by atoms with E-state index in [0.29, 0.717) is 17.2 Å². The predicted octanol–water partition coefficient (Wildman–Crippen LogP) is 3.05. The van der Waals surface area contributed by atoms with E-state index < -0.39 is 0 Å². The average Bonchev–Trinajstić information content (AvgIpc) is 2.61. The second kappa shape index (κ2) is 8.77. The lowest BCUT2D eigenvalue weighted by atomic mass is 10.0. The van der Waals surface area contributed by atoms with Gasteiger partial charge in [0.2, 0.25) is 0 Å². The van der Waals surface area contributed by atoms with Crippen LogP contribution in [-0.2, 0) is 11.3 Å². The molecule has 2 aromatic rings. The molecule has 4 nitrogen and oxygen atoms in total. The normalized spacial score (nSPS) is 13.3. The zero-order valence-corrected chi connectivity index (χ0v) is 16.3. The maximum atomic E-state index is 12.5. The van der Waals surface area contributed by atoms with Gasteiger partial charge in [-0.3, -0.25) is 9.59 Å². The van der Waals surface area contributed by atoms with Gasteiger partial charge in [-0.1, -0.05) is 38.1 Å². The van der Waals surface area contributed by atoms with Crippen LogP contribution in [-0.4, -0.2) is 24.8 Å². The summed E-state index contributed by atoms with van der Waals surface area (Å²) in [6, 6.07) is 15.4. The van der Waals surface area contributed by atoms with E-state index in [1.807, 2.05) is 14.0 Å². The van der Waals surface area contributed by atoms with Crippen LogP contribution in [0, 0.1) is 0 Å². The first kappa shape index (κ1) is 19.9. The number of likely N-dealkylation sites (N-methyl/N-ethyl adjacent to an activating group) is 1. The highest BCUT2D eigenvalue weighted by molar-refractivity contribution is 5.96. The molecule has 0 fully saturated rings. The maximum Gasteiger partial charge on any atom is 0.282 e. The average molecular weight is 353 g/mol. The monoisotopic (exact) mass is 353 g/mol. The van der Waals surface area contributed by atoms with Crippen LogP contribution < -0.4 is 10.2 Å². The van der Waals surface area contributed by atoms with Crippen LogP contribution in [0.25, 0.3) is 0 Å². The van der Waals surface area contributed by atoms with E-state index in [1.54, 1.807) is 24.3 Å². The van der Waals surface area contributed by atoms with Crippen molar-refractivity contribution in [3.8, 4) is 0 Å². The molecular weight excluding hydrogens is 324 g/mol. The Kier molecular flexibility index (Phi) is 6.70. The minimum absolute atomic E-state index is 0.0175. The van der Waals surface area contributed by atoms with Crippen LogP contribution in [0.15, 0.2) is 48.5 Å². The summed E-state index contributed by atoms with van der Waals surface area (Å²) in [4.78, 5) is 25.0. The van der Waals surface area contributed by atoms with E-state index in [4.69, 9.17) is 0 Å². The van der Waals surface area contributed by atoms with E-state index in [2.05, 4.69) is 43.4 Å². The molecule has 0 bridgehead atoms. The summed E-state index contributed by atoms with van der Waals surface area (Å²) in [5, 5.41) is 2.93. The third-order valence-corrected chi connectivity index (χ3v) is 4.82. The highest BCUT2D eigenvalue weighted by Gasteiger charge is 2.22. The third kappa shape index (κ3) is 5.27. The van der Waals surface area contributed by atoms with Gasteiger partial charge in [-0.05, 0) is 49.6 Å². The number of rotatable bonds is 7. The third-order valence-electron chi connectivity index (χ3n) is 4.82. The number of hydrogen-bond donors (Lipinski definition) is 2. The van der Waals surface area contributed by atoms with Gasteiger partial charge < -0.3 is 10.2 Å². The summed E-state index contributed by atoms with van der Waals surface area (Å²) in [7, 11) is 2.03. The molecule has 0 aromatic heterocycles. The molecular formula is C22H29N2O2+. The largest absolute Gasteiger partial charge is 0.324 e. The smallest absolute Gasteiger partial charge is 0.282 e. The summed E-state index contributed by atoms with van der Waals surface area (Å²) >= 11 is 0. The molecule has 2 atom stereocenters. The van der Waals surface area contributed by atoms with Crippen molar-refractivity contribution in [3.63, 3.8) is 0 Å². The van der Waals surface area contributed by atoms with E-state index in [-0.39, 0.29) is 17.7 Å². The van der Waals surface area contributed by atoms with E-state index in [0.717, 1.165) is 11.4 Å². The fraction of sp³-hybridized carbons (Fsp3) is 0.364. The first-order chi connectivity index (χ1) is 12.3. The molecule has 0 saturated carbocycles. The predicted molar refractivity (Wildman–Crippen MR) is 106 cm³/mol. The van der Waals surface area contributed by atoms with E-state index >= 15 is 0 Å². The minimum Gasteiger partial charge on any atom is -0.324 e. The molecule has 0 radical (unpaired) electrons. The van der Waals surface area contributed by atoms with Crippen molar-refractivity contribution in [2.45, 2.75) is 46.2 Å². The van der Waals surface area contributed by atoms with Gasteiger partial charge >= 0.3 is 0 Å². The zero-order chi connectivity index (χ0) is 19.3. The number of nitrogens with one attached hydrogen (secondary N) is 2. The summed E-state index contributed by atoms with van der Waals surface area (Å²) in [6.07, 6.45) is 0. The number of benzene rings is 2. The Bertz CT molecular complexity index is 749. The number of hydrogen-bond acceptors (Lipinski definition) is 2. The molecule has 138 valence electrons. The number of amides is 1. The van der Waals surface area contributed by atoms with Gasteiger partial charge in [0.25, 0.3) is 5.91 Å². The molecule has 26 heavy (non-hydrogen) atoms. The van der Waals surface area contributed by atoms with Crippen LogP contribution >= 0.6 is 0 Å². The molecule has 0 spiro atoms. The van der Waals surface area contributed by atoms with E-state index in [9.17, 15) is 9.59 Å². The fourth-order valence-electron chi connectivity index (χ4n) is 2.76. The number of quaternary nitrogens is 1. The minimum atomic E-state index is -0.188. The fourth-order valence-corrected chi connectivity index (χ4v) is 2.76. The Labute approximate surface area is 156 Å². The second-order valence-corrected chi connectivity index (χ2v) is 7.26. The summed E-state index contributed by atoms with van der Waals surface area (Å²) in [5.41, 5.74) is 3.90. The zero-order valence-electron chi connectivity index (χ0n) is 16.3.